The minimum Gasteiger partial charge on any atom is -0.493 e. The first-order valence-corrected chi connectivity index (χ1v) is 8.64. The highest BCUT2D eigenvalue weighted by Gasteiger charge is 2.32. The Hall–Kier alpha value is -3.61. The summed E-state index contributed by atoms with van der Waals surface area (Å²) in [5, 5.41) is 2.66. The van der Waals surface area contributed by atoms with Gasteiger partial charge in [-0.25, -0.2) is 0 Å². The lowest BCUT2D eigenvalue weighted by atomic mass is 10.1. The molecule has 0 atom stereocenters. The molecular formula is C21H20N2O5. The summed E-state index contributed by atoms with van der Waals surface area (Å²) in [7, 11) is 2.95. The third kappa shape index (κ3) is 3.73. The van der Waals surface area contributed by atoms with Crippen molar-refractivity contribution in [1.29, 1.82) is 0 Å². The molecule has 144 valence electrons. The molecule has 2 aromatic rings. The van der Waals surface area contributed by atoms with Crippen molar-refractivity contribution in [1.82, 2.24) is 4.90 Å². The van der Waals surface area contributed by atoms with Crippen molar-refractivity contribution in [2.24, 2.45) is 0 Å². The lowest BCUT2D eigenvalue weighted by molar-refractivity contribution is -0.118. The van der Waals surface area contributed by atoms with Crippen LogP contribution >= 0.6 is 0 Å². The van der Waals surface area contributed by atoms with Crippen LogP contribution in [0.2, 0.25) is 0 Å². The van der Waals surface area contributed by atoms with Gasteiger partial charge in [-0.2, -0.15) is 0 Å². The van der Waals surface area contributed by atoms with E-state index in [1.165, 1.54) is 26.3 Å². The van der Waals surface area contributed by atoms with Crippen LogP contribution in [0.1, 0.15) is 33.2 Å². The second kappa shape index (κ2) is 7.96. The number of carbonyl (C=O) groups is 3. The van der Waals surface area contributed by atoms with Crippen LogP contribution in [-0.4, -0.2) is 43.4 Å². The van der Waals surface area contributed by atoms with E-state index in [1.54, 1.807) is 12.1 Å². The zero-order valence-corrected chi connectivity index (χ0v) is 15.8. The molecule has 1 aliphatic rings. The number of nitrogens with zero attached hydrogens (tertiary/aromatic N) is 1. The van der Waals surface area contributed by atoms with Crippen LogP contribution in [0.3, 0.4) is 0 Å². The molecule has 1 N–H and O–H groups in total. The molecule has 0 unspecified atom stereocenters. The average molecular weight is 380 g/mol. The Balaban J connectivity index is 1.66. The van der Waals surface area contributed by atoms with E-state index in [9.17, 15) is 14.4 Å². The zero-order valence-electron chi connectivity index (χ0n) is 15.8. The van der Waals surface area contributed by atoms with Crippen molar-refractivity contribution in [3.8, 4) is 11.5 Å². The Morgan fingerprint density at radius 1 is 1.07 bits per heavy atom. The SMILES string of the molecule is C/C=C\c1ccc(OCC(=O)Nc2ccc3c(c2)C(=O)N(C)C3=O)c(OC)c1. The molecule has 0 fully saturated rings. The first-order valence-electron chi connectivity index (χ1n) is 8.64. The van der Waals surface area contributed by atoms with Crippen LogP contribution in [0.15, 0.2) is 42.5 Å². The molecule has 7 nitrogen and oxygen atoms in total. The molecule has 3 amide bonds. The molecule has 0 spiro atoms. The number of anilines is 1. The van der Waals surface area contributed by atoms with Gasteiger partial charge in [-0.1, -0.05) is 18.2 Å². The number of carbonyl (C=O) groups excluding carboxylic acids is 3. The number of hydrogen-bond acceptors (Lipinski definition) is 5. The van der Waals surface area contributed by atoms with Crippen molar-refractivity contribution in [2.45, 2.75) is 6.92 Å². The molecule has 0 aromatic heterocycles. The normalized spacial score (nSPS) is 13.0. The second-order valence-electron chi connectivity index (χ2n) is 6.18. The van der Waals surface area contributed by atoms with Crippen LogP contribution in [0.5, 0.6) is 11.5 Å². The summed E-state index contributed by atoms with van der Waals surface area (Å²) < 4.78 is 10.9. The number of benzene rings is 2. The number of ether oxygens (including phenoxy) is 2. The predicted molar refractivity (Wildman–Crippen MR) is 105 cm³/mol. The van der Waals surface area contributed by atoms with E-state index >= 15 is 0 Å². The monoisotopic (exact) mass is 380 g/mol. The summed E-state index contributed by atoms with van der Waals surface area (Å²) in [5.41, 5.74) is 1.97. The van der Waals surface area contributed by atoms with Gasteiger partial charge in [0, 0.05) is 12.7 Å². The van der Waals surface area contributed by atoms with E-state index in [-0.39, 0.29) is 18.1 Å². The molecule has 1 aliphatic heterocycles. The van der Waals surface area contributed by atoms with Gasteiger partial charge in [0.15, 0.2) is 18.1 Å². The van der Waals surface area contributed by atoms with Gasteiger partial charge in [-0.15, -0.1) is 0 Å². The molecule has 28 heavy (non-hydrogen) atoms. The van der Waals surface area contributed by atoms with Gasteiger partial charge in [0.25, 0.3) is 17.7 Å². The fourth-order valence-corrected chi connectivity index (χ4v) is 2.88. The Morgan fingerprint density at radius 3 is 2.54 bits per heavy atom. The van der Waals surface area contributed by atoms with Crippen molar-refractivity contribution in [3.05, 3.63) is 59.2 Å². The summed E-state index contributed by atoms with van der Waals surface area (Å²) >= 11 is 0. The summed E-state index contributed by atoms with van der Waals surface area (Å²) in [5.74, 6) is -0.173. The molecule has 3 rings (SSSR count). The fourth-order valence-electron chi connectivity index (χ4n) is 2.88. The summed E-state index contributed by atoms with van der Waals surface area (Å²) in [6.07, 6.45) is 3.84. The number of allylic oxidation sites excluding steroid dienone is 1. The van der Waals surface area contributed by atoms with Gasteiger partial charge in [-0.3, -0.25) is 19.3 Å². The van der Waals surface area contributed by atoms with Gasteiger partial charge in [0.05, 0.1) is 18.2 Å². The van der Waals surface area contributed by atoms with Gasteiger partial charge >= 0.3 is 0 Å². The smallest absolute Gasteiger partial charge is 0.262 e. The number of hydrogen-bond donors (Lipinski definition) is 1. The molecule has 0 saturated heterocycles. The average Bonchev–Trinajstić information content (AvgIpc) is 2.91. The van der Waals surface area contributed by atoms with Crippen molar-refractivity contribution < 1.29 is 23.9 Å². The van der Waals surface area contributed by atoms with Crippen LogP contribution in [0.4, 0.5) is 5.69 Å². The molecule has 0 saturated carbocycles. The number of fused-ring (bicyclic) bond motifs is 1. The van der Waals surface area contributed by atoms with E-state index in [1.807, 2.05) is 31.2 Å². The molecule has 2 aromatic carbocycles. The van der Waals surface area contributed by atoms with Crippen LogP contribution in [0.25, 0.3) is 6.08 Å². The third-order valence-electron chi connectivity index (χ3n) is 4.28. The molecular weight excluding hydrogens is 360 g/mol. The lowest BCUT2D eigenvalue weighted by Gasteiger charge is -2.12. The first-order chi connectivity index (χ1) is 13.4. The van der Waals surface area contributed by atoms with E-state index < -0.39 is 11.8 Å². The third-order valence-corrected chi connectivity index (χ3v) is 4.28. The highest BCUT2D eigenvalue weighted by atomic mass is 16.5. The Bertz CT molecular complexity index is 981. The second-order valence-corrected chi connectivity index (χ2v) is 6.18. The molecule has 0 radical (unpaired) electrons. The predicted octanol–water partition coefficient (Wildman–Crippen LogP) is 2.97. The van der Waals surface area contributed by atoms with E-state index in [2.05, 4.69) is 5.32 Å². The standard InChI is InChI=1S/C21H20N2O5/c1-4-5-13-6-9-17(18(10-13)27-3)28-12-19(24)22-14-7-8-15-16(11-14)21(26)23(2)20(15)25/h4-11H,12H2,1-3H3,(H,22,24)/b5-4-. The van der Waals surface area contributed by atoms with Gasteiger partial charge in [0.1, 0.15) is 0 Å². The molecule has 7 heteroatoms. The largest absolute Gasteiger partial charge is 0.493 e. The van der Waals surface area contributed by atoms with Crippen LogP contribution < -0.4 is 14.8 Å². The van der Waals surface area contributed by atoms with Crippen molar-refractivity contribution in [3.63, 3.8) is 0 Å². The number of rotatable bonds is 6. The first kappa shape index (κ1) is 19.2. The molecule has 0 aliphatic carbocycles. The maximum Gasteiger partial charge on any atom is 0.262 e. The van der Waals surface area contributed by atoms with E-state index in [0.717, 1.165) is 10.5 Å². The fraction of sp³-hybridized carbons (Fsp3) is 0.190. The number of methoxy groups -OCH3 is 1. The Labute approximate surface area is 162 Å². The summed E-state index contributed by atoms with van der Waals surface area (Å²) in [6, 6.07) is 9.99. The Morgan fingerprint density at radius 2 is 1.82 bits per heavy atom. The number of imide groups is 1. The van der Waals surface area contributed by atoms with E-state index in [0.29, 0.717) is 22.7 Å². The van der Waals surface area contributed by atoms with Gasteiger partial charge in [-0.05, 0) is 42.8 Å². The van der Waals surface area contributed by atoms with Gasteiger partial charge < -0.3 is 14.8 Å². The Kier molecular flexibility index (Phi) is 5.44. The molecule has 0 bridgehead atoms. The van der Waals surface area contributed by atoms with Crippen LogP contribution in [0, 0.1) is 0 Å². The minimum absolute atomic E-state index is 0.233. The van der Waals surface area contributed by atoms with Crippen molar-refractivity contribution in [2.75, 3.05) is 26.1 Å². The van der Waals surface area contributed by atoms with Crippen molar-refractivity contribution >= 4 is 29.5 Å². The number of nitrogens with one attached hydrogen (secondary N) is 1. The topological polar surface area (TPSA) is 84.9 Å². The van der Waals surface area contributed by atoms with Crippen LogP contribution in [-0.2, 0) is 4.79 Å². The van der Waals surface area contributed by atoms with Gasteiger partial charge in [0.2, 0.25) is 0 Å². The highest BCUT2D eigenvalue weighted by Crippen LogP contribution is 2.29. The summed E-state index contributed by atoms with van der Waals surface area (Å²) in [6.45, 7) is 1.69. The quantitative estimate of drug-likeness (QED) is 0.779. The molecule has 1 heterocycles. The highest BCUT2D eigenvalue weighted by molar-refractivity contribution is 6.21. The maximum atomic E-state index is 12.2. The van der Waals surface area contributed by atoms with E-state index in [4.69, 9.17) is 9.47 Å². The lowest BCUT2D eigenvalue weighted by Crippen LogP contribution is -2.24. The zero-order chi connectivity index (χ0) is 20.3. The minimum atomic E-state index is -0.398. The summed E-state index contributed by atoms with van der Waals surface area (Å²) in [4.78, 5) is 37.2. The number of amides is 3. The maximum absolute atomic E-state index is 12.2.